The van der Waals surface area contributed by atoms with Crippen LogP contribution >= 0.6 is 0 Å². The van der Waals surface area contributed by atoms with Crippen LogP contribution in [0.5, 0.6) is 0 Å². The predicted octanol–water partition coefficient (Wildman–Crippen LogP) is -0.523. The number of carbonyl (C=O) groups excluding carboxylic acids is 1. The topological polar surface area (TPSA) is 71.2 Å². The molecule has 0 aliphatic carbocycles. The molecule has 1 aliphatic rings. The van der Waals surface area contributed by atoms with Crippen LogP contribution in [0.1, 0.15) is 5.56 Å². The third-order valence-corrected chi connectivity index (χ3v) is 2.41. The zero-order valence-corrected chi connectivity index (χ0v) is 8.44. The van der Waals surface area contributed by atoms with Gasteiger partial charge in [-0.05, 0) is 17.7 Å². The molecule has 0 unspecified atom stereocenters. The summed E-state index contributed by atoms with van der Waals surface area (Å²) in [5.74, 6) is 0.869. The zero-order chi connectivity index (χ0) is 10.7. The number of hydrogen-bond acceptors (Lipinski definition) is 4. The first-order valence-corrected chi connectivity index (χ1v) is 4.96. The van der Waals surface area contributed by atoms with Crippen LogP contribution in [0, 0.1) is 0 Å². The van der Waals surface area contributed by atoms with Crippen LogP contribution in [0.3, 0.4) is 0 Å². The highest BCUT2D eigenvalue weighted by Gasteiger charge is 2.17. The van der Waals surface area contributed by atoms with Crippen molar-refractivity contribution < 1.29 is 4.79 Å². The lowest BCUT2D eigenvalue weighted by molar-refractivity contribution is -0.120. The predicted molar refractivity (Wildman–Crippen MR) is 57.4 cm³/mol. The van der Waals surface area contributed by atoms with Crippen LogP contribution in [0.4, 0.5) is 5.82 Å². The van der Waals surface area contributed by atoms with Gasteiger partial charge in [0.1, 0.15) is 5.82 Å². The Labute approximate surface area is 88.3 Å². The summed E-state index contributed by atoms with van der Waals surface area (Å²) in [6, 6.07) is 3.81. The number of nitrogens with one attached hydrogen (secondary N) is 1. The third kappa shape index (κ3) is 2.24. The SMILES string of the molecule is NCc1ccnc(N2CCNC(=O)C2)c1. The lowest BCUT2D eigenvalue weighted by Crippen LogP contribution is -2.48. The summed E-state index contributed by atoms with van der Waals surface area (Å²) in [7, 11) is 0. The maximum absolute atomic E-state index is 11.2. The summed E-state index contributed by atoms with van der Waals surface area (Å²) in [4.78, 5) is 17.4. The number of amides is 1. The third-order valence-electron chi connectivity index (χ3n) is 2.41. The van der Waals surface area contributed by atoms with Crippen LogP contribution in [0.15, 0.2) is 18.3 Å². The van der Waals surface area contributed by atoms with E-state index in [0.717, 1.165) is 17.9 Å². The van der Waals surface area contributed by atoms with Crippen molar-refractivity contribution in [3.8, 4) is 0 Å². The van der Waals surface area contributed by atoms with Crippen molar-refractivity contribution in [2.75, 3.05) is 24.5 Å². The number of piperazine rings is 1. The van der Waals surface area contributed by atoms with Gasteiger partial charge in [0.2, 0.25) is 5.91 Å². The molecule has 1 fully saturated rings. The fraction of sp³-hybridized carbons (Fsp3) is 0.400. The summed E-state index contributed by atoms with van der Waals surface area (Å²) >= 11 is 0. The minimum atomic E-state index is 0.0428. The first kappa shape index (κ1) is 9.92. The number of aromatic nitrogens is 1. The maximum Gasteiger partial charge on any atom is 0.239 e. The van der Waals surface area contributed by atoms with E-state index in [9.17, 15) is 4.79 Å². The Morgan fingerprint density at radius 2 is 2.47 bits per heavy atom. The van der Waals surface area contributed by atoms with E-state index < -0.39 is 0 Å². The summed E-state index contributed by atoms with van der Waals surface area (Å²) in [5, 5.41) is 2.78. The highest BCUT2D eigenvalue weighted by atomic mass is 16.2. The van der Waals surface area contributed by atoms with Crippen LogP contribution in [-0.2, 0) is 11.3 Å². The van der Waals surface area contributed by atoms with E-state index >= 15 is 0 Å². The van der Waals surface area contributed by atoms with Crippen LogP contribution in [0.25, 0.3) is 0 Å². The average molecular weight is 206 g/mol. The molecule has 0 saturated carbocycles. The second-order valence-corrected chi connectivity index (χ2v) is 3.50. The lowest BCUT2D eigenvalue weighted by Gasteiger charge is -2.27. The number of carbonyl (C=O) groups is 1. The molecule has 80 valence electrons. The molecule has 2 heterocycles. The Hall–Kier alpha value is -1.62. The fourth-order valence-corrected chi connectivity index (χ4v) is 1.59. The summed E-state index contributed by atoms with van der Waals surface area (Å²) in [6.07, 6.45) is 1.73. The summed E-state index contributed by atoms with van der Waals surface area (Å²) in [5.41, 5.74) is 6.58. The van der Waals surface area contributed by atoms with Gasteiger partial charge in [0.15, 0.2) is 0 Å². The summed E-state index contributed by atoms with van der Waals surface area (Å²) < 4.78 is 0. The minimum Gasteiger partial charge on any atom is -0.353 e. The Morgan fingerprint density at radius 1 is 1.60 bits per heavy atom. The van der Waals surface area contributed by atoms with Gasteiger partial charge in [-0.15, -0.1) is 0 Å². The van der Waals surface area contributed by atoms with Crippen molar-refractivity contribution >= 4 is 11.7 Å². The molecular formula is C10H14N4O. The molecule has 0 atom stereocenters. The van der Waals surface area contributed by atoms with Gasteiger partial charge in [-0.3, -0.25) is 4.79 Å². The molecule has 0 radical (unpaired) electrons. The lowest BCUT2D eigenvalue weighted by atomic mass is 10.2. The quantitative estimate of drug-likeness (QED) is 0.683. The molecule has 0 spiro atoms. The van der Waals surface area contributed by atoms with Crippen molar-refractivity contribution in [3.63, 3.8) is 0 Å². The van der Waals surface area contributed by atoms with Crippen molar-refractivity contribution in [1.82, 2.24) is 10.3 Å². The van der Waals surface area contributed by atoms with Crippen LogP contribution in [-0.4, -0.2) is 30.5 Å². The second-order valence-electron chi connectivity index (χ2n) is 3.50. The normalized spacial score (nSPS) is 16.3. The molecule has 0 bridgehead atoms. The molecule has 1 aliphatic heterocycles. The average Bonchev–Trinajstić information content (AvgIpc) is 2.29. The van der Waals surface area contributed by atoms with E-state index in [1.807, 2.05) is 17.0 Å². The molecule has 5 heteroatoms. The van der Waals surface area contributed by atoms with Crippen molar-refractivity contribution in [2.45, 2.75) is 6.54 Å². The highest BCUT2D eigenvalue weighted by Crippen LogP contribution is 2.12. The molecule has 1 amide bonds. The van der Waals surface area contributed by atoms with E-state index in [0.29, 0.717) is 19.6 Å². The molecule has 5 nitrogen and oxygen atoms in total. The van der Waals surface area contributed by atoms with E-state index in [1.54, 1.807) is 6.20 Å². The molecular weight excluding hydrogens is 192 g/mol. The number of rotatable bonds is 2. The van der Waals surface area contributed by atoms with E-state index in [2.05, 4.69) is 10.3 Å². The van der Waals surface area contributed by atoms with Crippen molar-refractivity contribution in [3.05, 3.63) is 23.9 Å². The Morgan fingerprint density at radius 3 is 3.20 bits per heavy atom. The Balaban J connectivity index is 2.17. The molecule has 1 aromatic rings. The molecule has 1 aromatic heterocycles. The molecule has 0 aromatic carbocycles. The van der Waals surface area contributed by atoms with Crippen LogP contribution < -0.4 is 16.0 Å². The smallest absolute Gasteiger partial charge is 0.239 e. The van der Waals surface area contributed by atoms with Crippen LogP contribution in [0.2, 0.25) is 0 Å². The van der Waals surface area contributed by atoms with E-state index in [4.69, 9.17) is 5.73 Å². The largest absolute Gasteiger partial charge is 0.353 e. The number of nitrogens with zero attached hydrogens (tertiary/aromatic N) is 2. The number of hydrogen-bond donors (Lipinski definition) is 2. The highest BCUT2D eigenvalue weighted by molar-refractivity contribution is 5.82. The van der Waals surface area contributed by atoms with Crippen molar-refractivity contribution in [1.29, 1.82) is 0 Å². The molecule has 2 rings (SSSR count). The Bertz CT molecular complexity index is 366. The number of nitrogens with two attached hydrogens (primary N) is 1. The van der Waals surface area contributed by atoms with Gasteiger partial charge in [-0.2, -0.15) is 0 Å². The van der Waals surface area contributed by atoms with Crippen molar-refractivity contribution in [2.24, 2.45) is 5.73 Å². The summed E-state index contributed by atoms with van der Waals surface area (Å²) in [6.45, 7) is 2.34. The maximum atomic E-state index is 11.2. The van der Waals surface area contributed by atoms with Gasteiger partial charge < -0.3 is 16.0 Å². The standard InChI is InChI=1S/C10H14N4O/c11-6-8-1-2-12-9(5-8)14-4-3-13-10(15)7-14/h1-2,5H,3-4,6-7,11H2,(H,13,15). The zero-order valence-electron chi connectivity index (χ0n) is 8.44. The van der Waals surface area contributed by atoms with Gasteiger partial charge in [0.05, 0.1) is 6.54 Å². The first-order valence-electron chi connectivity index (χ1n) is 4.96. The van der Waals surface area contributed by atoms with Gasteiger partial charge >= 0.3 is 0 Å². The second kappa shape index (κ2) is 4.27. The first-order chi connectivity index (χ1) is 7.29. The number of anilines is 1. The van der Waals surface area contributed by atoms with E-state index in [1.165, 1.54) is 0 Å². The number of pyridine rings is 1. The monoisotopic (exact) mass is 206 g/mol. The van der Waals surface area contributed by atoms with Gasteiger partial charge in [0, 0.05) is 25.8 Å². The van der Waals surface area contributed by atoms with Gasteiger partial charge in [0.25, 0.3) is 0 Å². The fourth-order valence-electron chi connectivity index (χ4n) is 1.59. The Kier molecular flexibility index (Phi) is 2.82. The van der Waals surface area contributed by atoms with Gasteiger partial charge in [-0.1, -0.05) is 0 Å². The molecule has 1 saturated heterocycles. The minimum absolute atomic E-state index is 0.0428. The molecule has 15 heavy (non-hydrogen) atoms. The van der Waals surface area contributed by atoms with E-state index in [-0.39, 0.29) is 5.91 Å². The van der Waals surface area contributed by atoms with Gasteiger partial charge in [-0.25, -0.2) is 4.98 Å². The molecule has 3 N–H and O–H groups in total.